The van der Waals surface area contributed by atoms with Crippen molar-refractivity contribution in [3.63, 3.8) is 0 Å². The summed E-state index contributed by atoms with van der Waals surface area (Å²) in [5, 5.41) is 3.39. The number of aliphatic imine (C=N–C) groups is 1. The summed E-state index contributed by atoms with van der Waals surface area (Å²) in [6, 6.07) is 16.2. The molecule has 9 heteroatoms. The Bertz CT molecular complexity index is 1370. The Balaban J connectivity index is 1.42. The van der Waals surface area contributed by atoms with Gasteiger partial charge in [0.05, 0.1) is 31.6 Å². The fourth-order valence-corrected chi connectivity index (χ4v) is 4.85. The van der Waals surface area contributed by atoms with Gasteiger partial charge in [-0.15, -0.1) is 0 Å². The van der Waals surface area contributed by atoms with E-state index in [0.717, 1.165) is 46.2 Å². The number of rotatable bonds is 6. The van der Waals surface area contributed by atoms with Crippen LogP contribution in [0.2, 0.25) is 0 Å². The fraction of sp³-hybridized carbons (Fsp3) is 0.400. The molecule has 204 valence electrons. The third kappa shape index (κ3) is 6.30. The van der Waals surface area contributed by atoms with Crippen LogP contribution in [0.3, 0.4) is 0 Å². The van der Waals surface area contributed by atoms with E-state index in [1.807, 2.05) is 57.3 Å². The molecule has 2 aliphatic heterocycles. The molecule has 3 aromatic rings. The molecule has 0 bridgehead atoms. The molecule has 5 rings (SSSR count). The summed E-state index contributed by atoms with van der Waals surface area (Å²) in [7, 11) is 1.66. The Hall–Kier alpha value is -4.14. The van der Waals surface area contributed by atoms with E-state index < -0.39 is 5.60 Å². The number of amides is 1. The highest BCUT2D eigenvalue weighted by Crippen LogP contribution is 2.28. The number of fused-ring (bicyclic) bond motifs is 1. The molecule has 1 amide bonds. The molecule has 39 heavy (non-hydrogen) atoms. The van der Waals surface area contributed by atoms with E-state index in [4.69, 9.17) is 19.4 Å². The highest BCUT2D eigenvalue weighted by Gasteiger charge is 2.29. The van der Waals surface area contributed by atoms with Crippen molar-refractivity contribution in [2.75, 3.05) is 30.4 Å². The van der Waals surface area contributed by atoms with Gasteiger partial charge >= 0.3 is 6.09 Å². The molecular weight excluding hydrogens is 492 g/mol. The molecule has 1 N–H and O–H groups in total. The maximum Gasteiger partial charge on any atom is 0.410 e. The van der Waals surface area contributed by atoms with Gasteiger partial charge in [0.15, 0.2) is 0 Å². The zero-order valence-electron chi connectivity index (χ0n) is 23.3. The quantitative estimate of drug-likeness (QED) is 0.461. The molecule has 0 saturated heterocycles. The van der Waals surface area contributed by atoms with Crippen LogP contribution in [-0.2, 0) is 24.1 Å². The average Bonchev–Trinajstić information content (AvgIpc) is 3.34. The van der Waals surface area contributed by atoms with Gasteiger partial charge in [0.25, 0.3) is 0 Å². The number of hydrogen-bond donors (Lipinski definition) is 1. The molecule has 9 nitrogen and oxygen atoms in total. The van der Waals surface area contributed by atoms with Crippen molar-refractivity contribution < 1.29 is 14.3 Å². The largest absolute Gasteiger partial charge is 0.497 e. The normalized spacial score (nSPS) is 16.7. The van der Waals surface area contributed by atoms with E-state index in [1.165, 1.54) is 0 Å². The lowest BCUT2D eigenvalue weighted by molar-refractivity contribution is 0.0222. The second-order valence-electron chi connectivity index (χ2n) is 10.9. The number of aromatic nitrogens is 2. The maximum absolute atomic E-state index is 12.9. The predicted molar refractivity (Wildman–Crippen MR) is 153 cm³/mol. The minimum Gasteiger partial charge on any atom is -0.497 e. The first-order chi connectivity index (χ1) is 18.7. The van der Waals surface area contributed by atoms with Gasteiger partial charge in [0.2, 0.25) is 5.95 Å². The third-order valence-electron chi connectivity index (χ3n) is 6.81. The SMILES string of the molecule is COc1cccc(Cc2nc(Nc3ccc(N4CC=NC4C)cc3)nc3c2CN(C(=O)OC(C)(C)C)CC3)c1. The van der Waals surface area contributed by atoms with Crippen molar-refractivity contribution in [1.29, 1.82) is 0 Å². The molecule has 1 aromatic heterocycles. The minimum atomic E-state index is -0.555. The molecule has 2 aliphatic rings. The summed E-state index contributed by atoms with van der Waals surface area (Å²) in [5.41, 5.74) is 5.35. The van der Waals surface area contributed by atoms with Crippen LogP contribution in [0, 0.1) is 0 Å². The van der Waals surface area contributed by atoms with Crippen LogP contribution in [0.1, 0.15) is 50.2 Å². The Kier molecular flexibility index (Phi) is 7.41. The standard InChI is InChI=1S/C30H36N6O3/c1-20-31-14-16-36(20)23-11-9-22(10-12-23)32-28-33-26-13-15-35(29(37)39-30(2,3)4)19-25(26)27(34-28)18-21-7-6-8-24(17-21)38-5/h6-12,14,17,20H,13,15-16,18-19H2,1-5H3,(H,32,33,34). The van der Waals surface area contributed by atoms with Crippen molar-refractivity contribution in [3.8, 4) is 5.75 Å². The molecule has 1 atom stereocenters. The number of ether oxygens (including phenoxy) is 2. The molecule has 3 heterocycles. The van der Waals surface area contributed by atoms with Crippen LogP contribution < -0.4 is 15.0 Å². The number of nitrogens with zero attached hydrogens (tertiary/aromatic N) is 5. The van der Waals surface area contributed by atoms with Crippen LogP contribution in [0.4, 0.5) is 22.1 Å². The van der Waals surface area contributed by atoms with Gasteiger partial charge in [-0.2, -0.15) is 0 Å². The lowest BCUT2D eigenvalue weighted by Gasteiger charge is -2.31. The summed E-state index contributed by atoms with van der Waals surface area (Å²) in [4.78, 5) is 31.1. The van der Waals surface area contributed by atoms with Gasteiger partial charge in [0.1, 0.15) is 17.5 Å². The van der Waals surface area contributed by atoms with Crippen LogP contribution in [0.15, 0.2) is 53.5 Å². The Morgan fingerprint density at radius 2 is 1.92 bits per heavy atom. The first-order valence-corrected chi connectivity index (χ1v) is 13.3. The Morgan fingerprint density at radius 3 is 2.62 bits per heavy atom. The summed E-state index contributed by atoms with van der Waals surface area (Å²) in [6.07, 6.45) is 2.99. The molecular formula is C30H36N6O3. The average molecular weight is 529 g/mol. The molecule has 0 fully saturated rings. The van der Waals surface area contributed by atoms with Gasteiger partial charge in [-0.3, -0.25) is 4.99 Å². The maximum atomic E-state index is 12.9. The van der Waals surface area contributed by atoms with Crippen LogP contribution in [0.25, 0.3) is 0 Å². The number of hydrogen-bond acceptors (Lipinski definition) is 8. The molecule has 0 radical (unpaired) electrons. The molecule has 0 saturated carbocycles. The van der Waals surface area contributed by atoms with Crippen molar-refractivity contribution >= 4 is 29.6 Å². The summed E-state index contributed by atoms with van der Waals surface area (Å²) in [5.74, 6) is 1.34. The number of methoxy groups -OCH3 is 1. The third-order valence-corrected chi connectivity index (χ3v) is 6.81. The lowest BCUT2D eigenvalue weighted by atomic mass is 9.99. The Morgan fingerprint density at radius 1 is 1.13 bits per heavy atom. The number of carbonyl (C=O) groups is 1. The van der Waals surface area contributed by atoms with Crippen molar-refractivity contribution in [2.24, 2.45) is 4.99 Å². The summed E-state index contributed by atoms with van der Waals surface area (Å²) >= 11 is 0. The van der Waals surface area contributed by atoms with Crippen molar-refractivity contribution in [2.45, 2.75) is 58.8 Å². The monoisotopic (exact) mass is 528 g/mol. The smallest absolute Gasteiger partial charge is 0.410 e. The van der Waals surface area contributed by atoms with Gasteiger partial charge in [-0.05, 0) is 69.7 Å². The summed E-state index contributed by atoms with van der Waals surface area (Å²) < 4.78 is 11.1. The van der Waals surface area contributed by atoms with Gasteiger partial charge < -0.3 is 24.6 Å². The predicted octanol–water partition coefficient (Wildman–Crippen LogP) is 5.35. The first kappa shape index (κ1) is 26.5. The number of nitrogens with one attached hydrogen (secondary N) is 1. The van der Waals surface area contributed by atoms with E-state index in [9.17, 15) is 4.79 Å². The molecule has 2 aromatic carbocycles. The fourth-order valence-electron chi connectivity index (χ4n) is 4.85. The van der Waals surface area contributed by atoms with Crippen LogP contribution in [0.5, 0.6) is 5.75 Å². The Labute approximate surface area is 229 Å². The topological polar surface area (TPSA) is 92.2 Å². The van der Waals surface area contributed by atoms with E-state index in [1.54, 1.807) is 12.0 Å². The number of anilines is 3. The second-order valence-corrected chi connectivity index (χ2v) is 10.9. The molecule has 0 spiro atoms. The van der Waals surface area contributed by atoms with Crippen LogP contribution >= 0.6 is 0 Å². The van der Waals surface area contributed by atoms with E-state index in [2.05, 4.69) is 40.3 Å². The van der Waals surface area contributed by atoms with Gasteiger partial charge in [-0.1, -0.05) is 12.1 Å². The second kappa shape index (κ2) is 10.9. The number of carbonyl (C=O) groups excluding carboxylic acids is 1. The van der Waals surface area contributed by atoms with Crippen molar-refractivity contribution in [3.05, 3.63) is 71.0 Å². The highest BCUT2D eigenvalue weighted by molar-refractivity contribution is 5.72. The van der Waals surface area contributed by atoms with E-state index in [-0.39, 0.29) is 12.3 Å². The highest BCUT2D eigenvalue weighted by atomic mass is 16.6. The van der Waals surface area contributed by atoms with Gasteiger partial charge in [0, 0.05) is 42.5 Å². The first-order valence-electron chi connectivity index (χ1n) is 13.3. The molecule has 0 aliphatic carbocycles. The minimum absolute atomic E-state index is 0.146. The van der Waals surface area contributed by atoms with E-state index in [0.29, 0.717) is 31.9 Å². The van der Waals surface area contributed by atoms with E-state index >= 15 is 0 Å². The zero-order chi connectivity index (χ0) is 27.6. The summed E-state index contributed by atoms with van der Waals surface area (Å²) in [6.45, 7) is 9.49. The lowest BCUT2D eigenvalue weighted by Crippen LogP contribution is -2.40. The molecule has 1 unspecified atom stereocenters. The zero-order valence-corrected chi connectivity index (χ0v) is 23.3. The number of benzene rings is 2. The van der Waals surface area contributed by atoms with Crippen LogP contribution in [-0.4, -0.2) is 59.1 Å². The van der Waals surface area contributed by atoms with Crippen molar-refractivity contribution in [1.82, 2.24) is 14.9 Å². The van der Waals surface area contributed by atoms with Gasteiger partial charge in [-0.25, -0.2) is 14.8 Å².